The maximum absolute atomic E-state index is 12.6. The van der Waals surface area contributed by atoms with E-state index in [1.807, 2.05) is 42.5 Å². The van der Waals surface area contributed by atoms with Gasteiger partial charge in [-0.05, 0) is 56.3 Å². The summed E-state index contributed by atoms with van der Waals surface area (Å²) in [7, 11) is 0. The molecule has 3 aromatic rings. The van der Waals surface area contributed by atoms with Crippen LogP contribution in [0, 0.1) is 0 Å². The SMILES string of the molecule is CCN(CC)c1ccc(NC(=O)c2ccnc(Nc3ccccc3Cl)n2)cc1. The molecule has 2 N–H and O–H groups in total. The monoisotopic (exact) mass is 395 g/mol. The van der Waals surface area contributed by atoms with Crippen LogP contribution in [0.4, 0.5) is 23.0 Å². The molecule has 0 aliphatic carbocycles. The van der Waals surface area contributed by atoms with Gasteiger partial charge in [0.2, 0.25) is 5.95 Å². The molecule has 0 aliphatic rings. The Morgan fingerprint density at radius 2 is 1.75 bits per heavy atom. The molecule has 0 saturated heterocycles. The highest BCUT2D eigenvalue weighted by Crippen LogP contribution is 2.23. The summed E-state index contributed by atoms with van der Waals surface area (Å²) in [5, 5.41) is 6.44. The summed E-state index contributed by atoms with van der Waals surface area (Å²) < 4.78 is 0. The van der Waals surface area contributed by atoms with E-state index in [1.54, 1.807) is 12.1 Å². The Kier molecular flexibility index (Phi) is 6.45. The Bertz CT molecular complexity index is 942. The lowest BCUT2D eigenvalue weighted by Crippen LogP contribution is -2.21. The van der Waals surface area contributed by atoms with Gasteiger partial charge in [-0.3, -0.25) is 4.79 Å². The topological polar surface area (TPSA) is 70.2 Å². The van der Waals surface area contributed by atoms with Crippen LogP contribution in [0.15, 0.2) is 60.8 Å². The summed E-state index contributed by atoms with van der Waals surface area (Å²) in [5.74, 6) is -0.00201. The number of aromatic nitrogens is 2. The first-order chi connectivity index (χ1) is 13.6. The molecule has 1 heterocycles. The second-order valence-electron chi connectivity index (χ2n) is 6.04. The number of nitrogens with one attached hydrogen (secondary N) is 2. The molecule has 3 rings (SSSR count). The lowest BCUT2D eigenvalue weighted by Gasteiger charge is -2.21. The second kappa shape index (κ2) is 9.19. The molecule has 6 nitrogen and oxygen atoms in total. The number of anilines is 4. The van der Waals surface area contributed by atoms with Crippen molar-refractivity contribution in [2.24, 2.45) is 0 Å². The molecule has 0 fully saturated rings. The van der Waals surface area contributed by atoms with Crippen LogP contribution in [0.3, 0.4) is 0 Å². The minimum atomic E-state index is -0.305. The fourth-order valence-electron chi connectivity index (χ4n) is 2.77. The van der Waals surface area contributed by atoms with Gasteiger partial charge in [-0.15, -0.1) is 0 Å². The van der Waals surface area contributed by atoms with E-state index in [1.165, 1.54) is 6.20 Å². The van der Waals surface area contributed by atoms with Crippen LogP contribution in [0.2, 0.25) is 5.02 Å². The Morgan fingerprint density at radius 1 is 1.04 bits per heavy atom. The summed E-state index contributed by atoms with van der Waals surface area (Å²) in [4.78, 5) is 23.2. The maximum atomic E-state index is 12.6. The van der Waals surface area contributed by atoms with Gasteiger partial charge in [0, 0.05) is 30.7 Å². The Hall–Kier alpha value is -3.12. The van der Waals surface area contributed by atoms with E-state index in [2.05, 4.69) is 39.3 Å². The van der Waals surface area contributed by atoms with Gasteiger partial charge in [-0.25, -0.2) is 9.97 Å². The number of hydrogen-bond acceptors (Lipinski definition) is 5. The fraction of sp³-hybridized carbons (Fsp3) is 0.190. The van der Waals surface area contributed by atoms with E-state index < -0.39 is 0 Å². The molecule has 144 valence electrons. The van der Waals surface area contributed by atoms with Crippen LogP contribution in [0.5, 0.6) is 0 Å². The van der Waals surface area contributed by atoms with Crippen molar-refractivity contribution >= 4 is 40.5 Å². The summed E-state index contributed by atoms with van der Waals surface area (Å²) in [6.07, 6.45) is 1.53. The van der Waals surface area contributed by atoms with Crippen molar-refractivity contribution in [3.63, 3.8) is 0 Å². The Labute approximate surface area is 169 Å². The molecule has 0 saturated carbocycles. The van der Waals surface area contributed by atoms with Gasteiger partial charge in [0.15, 0.2) is 0 Å². The molecule has 0 radical (unpaired) electrons. The van der Waals surface area contributed by atoms with Crippen LogP contribution < -0.4 is 15.5 Å². The summed E-state index contributed by atoms with van der Waals surface area (Å²) >= 11 is 6.14. The third-order valence-corrected chi connectivity index (χ3v) is 4.59. The highest BCUT2D eigenvalue weighted by molar-refractivity contribution is 6.33. The molecular weight excluding hydrogens is 374 g/mol. The van der Waals surface area contributed by atoms with Crippen LogP contribution in [0.25, 0.3) is 0 Å². The highest BCUT2D eigenvalue weighted by atomic mass is 35.5. The molecular formula is C21H22ClN5O. The van der Waals surface area contributed by atoms with Crippen molar-refractivity contribution in [3.8, 4) is 0 Å². The van der Waals surface area contributed by atoms with Gasteiger partial charge in [-0.1, -0.05) is 23.7 Å². The number of hydrogen-bond donors (Lipinski definition) is 2. The van der Waals surface area contributed by atoms with Crippen LogP contribution in [0.1, 0.15) is 24.3 Å². The molecule has 7 heteroatoms. The quantitative estimate of drug-likeness (QED) is 0.590. The van der Waals surface area contributed by atoms with Gasteiger partial charge in [0.1, 0.15) is 5.69 Å². The van der Waals surface area contributed by atoms with Crippen LogP contribution in [-0.2, 0) is 0 Å². The van der Waals surface area contributed by atoms with Gasteiger partial charge < -0.3 is 15.5 Å². The van der Waals surface area contributed by atoms with Crippen molar-refractivity contribution < 1.29 is 4.79 Å². The Balaban J connectivity index is 1.70. The van der Waals surface area contributed by atoms with E-state index in [9.17, 15) is 4.79 Å². The van der Waals surface area contributed by atoms with E-state index in [-0.39, 0.29) is 11.6 Å². The number of carbonyl (C=O) groups excluding carboxylic acids is 1. The van der Waals surface area contributed by atoms with Gasteiger partial charge >= 0.3 is 0 Å². The zero-order valence-corrected chi connectivity index (χ0v) is 16.6. The predicted octanol–water partition coefficient (Wildman–Crippen LogP) is 4.97. The molecule has 0 unspecified atom stereocenters. The van der Waals surface area contributed by atoms with Gasteiger partial charge in [-0.2, -0.15) is 0 Å². The van der Waals surface area contributed by atoms with E-state index in [0.29, 0.717) is 22.3 Å². The molecule has 2 aromatic carbocycles. The minimum absolute atomic E-state index is 0.261. The van der Waals surface area contributed by atoms with Crippen molar-refractivity contribution in [3.05, 3.63) is 71.5 Å². The number of para-hydroxylation sites is 1. The van der Waals surface area contributed by atoms with Gasteiger partial charge in [0.25, 0.3) is 5.91 Å². The van der Waals surface area contributed by atoms with Crippen molar-refractivity contribution in [2.45, 2.75) is 13.8 Å². The van der Waals surface area contributed by atoms with Crippen molar-refractivity contribution in [2.75, 3.05) is 28.6 Å². The second-order valence-corrected chi connectivity index (χ2v) is 6.45. The summed E-state index contributed by atoms with van der Waals surface area (Å²) in [6.45, 7) is 6.10. The first-order valence-electron chi connectivity index (χ1n) is 9.11. The van der Waals surface area contributed by atoms with Gasteiger partial charge in [0.05, 0.1) is 10.7 Å². The van der Waals surface area contributed by atoms with Crippen LogP contribution >= 0.6 is 11.6 Å². The molecule has 0 bridgehead atoms. The van der Waals surface area contributed by atoms with Crippen LogP contribution in [-0.4, -0.2) is 29.0 Å². The zero-order chi connectivity index (χ0) is 19.9. The standard InChI is InChI=1S/C21H22ClN5O/c1-3-27(4-2)16-11-9-15(10-12-16)24-20(28)19-13-14-23-21(26-19)25-18-8-6-5-7-17(18)22/h5-14H,3-4H2,1-2H3,(H,24,28)(H,23,25,26). The largest absolute Gasteiger partial charge is 0.372 e. The highest BCUT2D eigenvalue weighted by Gasteiger charge is 2.11. The average Bonchev–Trinajstić information content (AvgIpc) is 2.72. The minimum Gasteiger partial charge on any atom is -0.372 e. The lowest BCUT2D eigenvalue weighted by molar-refractivity contribution is 0.102. The van der Waals surface area contributed by atoms with E-state index >= 15 is 0 Å². The zero-order valence-electron chi connectivity index (χ0n) is 15.8. The average molecular weight is 396 g/mol. The molecule has 0 aliphatic heterocycles. The summed E-state index contributed by atoms with van der Waals surface area (Å²) in [5.41, 5.74) is 2.77. The van der Waals surface area contributed by atoms with E-state index in [0.717, 1.165) is 18.8 Å². The number of amides is 1. The normalized spacial score (nSPS) is 10.4. The smallest absolute Gasteiger partial charge is 0.274 e. The first kappa shape index (κ1) is 19.6. The Morgan fingerprint density at radius 3 is 2.43 bits per heavy atom. The summed E-state index contributed by atoms with van der Waals surface area (Å²) in [6, 6.07) is 16.6. The number of benzene rings is 2. The molecule has 0 spiro atoms. The number of nitrogens with zero attached hydrogens (tertiary/aromatic N) is 3. The lowest BCUT2D eigenvalue weighted by atomic mass is 10.2. The predicted molar refractivity (Wildman–Crippen MR) is 115 cm³/mol. The van der Waals surface area contributed by atoms with Crippen molar-refractivity contribution in [1.82, 2.24) is 9.97 Å². The number of rotatable bonds is 7. The fourth-order valence-corrected chi connectivity index (χ4v) is 2.95. The number of carbonyl (C=O) groups is 1. The molecule has 28 heavy (non-hydrogen) atoms. The van der Waals surface area contributed by atoms with E-state index in [4.69, 9.17) is 11.6 Å². The molecule has 1 amide bonds. The number of halogens is 1. The third-order valence-electron chi connectivity index (χ3n) is 4.26. The van der Waals surface area contributed by atoms with Crippen molar-refractivity contribution in [1.29, 1.82) is 0 Å². The third kappa shape index (κ3) is 4.78. The first-order valence-corrected chi connectivity index (χ1v) is 9.49. The maximum Gasteiger partial charge on any atom is 0.274 e. The molecule has 1 aromatic heterocycles. The molecule has 0 atom stereocenters.